The maximum Gasteiger partial charge on any atom is 0.225 e. The molecule has 0 saturated carbocycles. The lowest BCUT2D eigenvalue weighted by atomic mass is 10.1. The second-order valence-electron chi connectivity index (χ2n) is 5.65. The van der Waals surface area contributed by atoms with Gasteiger partial charge in [0.25, 0.3) is 0 Å². The van der Waals surface area contributed by atoms with Crippen molar-refractivity contribution in [2.24, 2.45) is 0 Å². The normalized spacial score (nSPS) is 10.5. The van der Waals surface area contributed by atoms with Crippen molar-refractivity contribution in [3.63, 3.8) is 0 Å². The second kappa shape index (κ2) is 7.08. The third-order valence-corrected chi connectivity index (χ3v) is 3.64. The molecule has 5 heteroatoms. The topological polar surface area (TPSA) is 62.7 Å². The molecular formula is C19H21N5. The lowest BCUT2D eigenvalue weighted by molar-refractivity contribution is 1.08. The molecule has 122 valence electrons. The number of aryl methyl sites for hydroxylation is 2. The summed E-state index contributed by atoms with van der Waals surface area (Å²) < 4.78 is 0. The van der Waals surface area contributed by atoms with Crippen LogP contribution in [0.15, 0.2) is 48.7 Å². The number of rotatable bonds is 5. The summed E-state index contributed by atoms with van der Waals surface area (Å²) in [6, 6.07) is 14.0. The van der Waals surface area contributed by atoms with Crippen molar-refractivity contribution in [1.29, 1.82) is 0 Å². The fraction of sp³-hybridized carbons (Fsp3) is 0.211. The van der Waals surface area contributed by atoms with Crippen molar-refractivity contribution in [1.82, 2.24) is 15.0 Å². The summed E-state index contributed by atoms with van der Waals surface area (Å²) in [5.74, 6) is 1.34. The van der Waals surface area contributed by atoms with E-state index >= 15 is 0 Å². The molecule has 0 atom stereocenters. The van der Waals surface area contributed by atoms with Gasteiger partial charge in [-0.15, -0.1) is 0 Å². The molecule has 0 bridgehead atoms. The van der Waals surface area contributed by atoms with Crippen LogP contribution in [0.25, 0.3) is 11.4 Å². The first-order valence-corrected chi connectivity index (χ1v) is 8.04. The van der Waals surface area contributed by atoms with Gasteiger partial charge in [-0.25, -0.2) is 4.98 Å². The smallest absolute Gasteiger partial charge is 0.225 e. The van der Waals surface area contributed by atoms with E-state index in [0.717, 1.165) is 29.4 Å². The fourth-order valence-corrected chi connectivity index (χ4v) is 2.40. The number of nitrogens with one attached hydrogen (secondary N) is 2. The van der Waals surface area contributed by atoms with Crippen LogP contribution in [0, 0.1) is 13.8 Å². The molecule has 0 fully saturated rings. The van der Waals surface area contributed by atoms with Gasteiger partial charge in [0.2, 0.25) is 5.95 Å². The van der Waals surface area contributed by atoms with E-state index in [9.17, 15) is 0 Å². The minimum Gasteiger partial charge on any atom is -0.354 e. The van der Waals surface area contributed by atoms with E-state index in [2.05, 4.69) is 57.6 Å². The molecule has 2 N–H and O–H groups in total. The molecule has 24 heavy (non-hydrogen) atoms. The molecule has 1 aromatic carbocycles. The molecule has 0 aliphatic rings. The van der Waals surface area contributed by atoms with Crippen molar-refractivity contribution in [2.75, 3.05) is 17.2 Å². The Morgan fingerprint density at radius 2 is 1.83 bits per heavy atom. The average molecular weight is 319 g/mol. The van der Waals surface area contributed by atoms with Crippen molar-refractivity contribution in [3.05, 3.63) is 59.8 Å². The summed E-state index contributed by atoms with van der Waals surface area (Å²) in [5, 5.41) is 6.58. The van der Waals surface area contributed by atoms with Gasteiger partial charge >= 0.3 is 0 Å². The van der Waals surface area contributed by atoms with Gasteiger partial charge in [0.15, 0.2) is 0 Å². The van der Waals surface area contributed by atoms with Crippen LogP contribution in [0.2, 0.25) is 0 Å². The van der Waals surface area contributed by atoms with Crippen molar-refractivity contribution >= 4 is 17.5 Å². The number of nitrogens with zero attached hydrogens (tertiary/aromatic N) is 3. The predicted molar refractivity (Wildman–Crippen MR) is 98.6 cm³/mol. The Morgan fingerprint density at radius 3 is 2.58 bits per heavy atom. The molecule has 0 unspecified atom stereocenters. The highest BCUT2D eigenvalue weighted by atomic mass is 15.1. The number of anilines is 3. The van der Waals surface area contributed by atoms with Gasteiger partial charge in [0, 0.05) is 24.5 Å². The van der Waals surface area contributed by atoms with Crippen molar-refractivity contribution in [3.8, 4) is 11.4 Å². The third-order valence-electron chi connectivity index (χ3n) is 3.64. The number of benzene rings is 1. The zero-order valence-corrected chi connectivity index (χ0v) is 14.2. The zero-order chi connectivity index (χ0) is 16.9. The largest absolute Gasteiger partial charge is 0.354 e. The van der Waals surface area contributed by atoms with E-state index in [4.69, 9.17) is 0 Å². The van der Waals surface area contributed by atoms with Crippen LogP contribution in [0.5, 0.6) is 0 Å². The molecule has 2 heterocycles. The van der Waals surface area contributed by atoms with E-state index in [1.54, 1.807) is 6.20 Å². The first-order valence-electron chi connectivity index (χ1n) is 8.04. The van der Waals surface area contributed by atoms with E-state index in [1.165, 1.54) is 11.1 Å². The van der Waals surface area contributed by atoms with Gasteiger partial charge in [-0.05, 0) is 50.1 Å². The molecule has 3 rings (SSSR count). The number of hydrogen-bond acceptors (Lipinski definition) is 5. The number of pyridine rings is 1. The second-order valence-corrected chi connectivity index (χ2v) is 5.65. The zero-order valence-electron chi connectivity index (χ0n) is 14.2. The summed E-state index contributed by atoms with van der Waals surface area (Å²) in [6.07, 6.45) is 1.77. The molecular weight excluding hydrogens is 298 g/mol. The maximum atomic E-state index is 4.55. The van der Waals surface area contributed by atoms with Gasteiger partial charge in [-0.2, -0.15) is 4.98 Å². The third kappa shape index (κ3) is 3.68. The summed E-state index contributed by atoms with van der Waals surface area (Å²) in [5.41, 5.74) is 5.03. The van der Waals surface area contributed by atoms with Crippen molar-refractivity contribution < 1.29 is 0 Å². The molecule has 0 saturated heterocycles. The number of hydrogen-bond donors (Lipinski definition) is 2. The standard InChI is InChI=1S/C19H21N5/c1-4-20-19-23-17(15-7-5-6-10-21-15)12-18(24-19)22-16-11-13(2)8-9-14(16)3/h5-12H,4H2,1-3H3,(H2,20,22,23,24). The Morgan fingerprint density at radius 1 is 0.958 bits per heavy atom. The lowest BCUT2D eigenvalue weighted by Gasteiger charge is -2.12. The van der Waals surface area contributed by atoms with E-state index in [0.29, 0.717) is 5.95 Å². The van der Waals surface area contributed by atoms with Gasteiger partial charge in [0.1, 0.15) is 5.82 Å². The van der Waals surface area contributed by atoms with Crippen LogP contribution in [-0.2, 0) is 0 Å². The van der Waals surface area contributed by atoms with E-state index < -0.39 is 0 Å². The van der Waals surface area contributed by atoms with Gasteiger partial charge in [0.05, 0.1) is 11.4 Å². The van der Waals surface area contributed by atoms with Gasteiger partial charge < -0.3 is 10.6 Å². The molecule has 0 aliphatic carbocycles. The van der Waals surface area contributed by atoms with Crippen LogP contribution in [0.1, 0.15) is 18.1 Å². The molecule has 2 aromatic heterocycles. The van der Waals surface area contributed by atoms with Gasteiger partial charge in [-0.3, -0.25) is 4.98 Å². The quantitative estimate of drug-likeness (QED) is 0.733. The Bertz CT molecular complexity index is 830. The van der Waals surface area contributed by atoms with E-state index in [-0.39, 0.29) is 0 Å². The summed E-state index contributed by atoms with van der Waals surface area (Å²) in [7, 11) is 0. The summed E-state index contributed by atoms with van der Waals surface area (Å²) in [4.78, 5) is 13.5. The highest BCUT2D eigenvalue weighted by Gasteiger charge is 2.08. The molecule has 0 radical (unpaired) electrons. The van der Waals surface area contributed by atoms with Gasteiger partial charge in [-0.1, -0.05) is 18.2 Å². The predicted octanol–water partition coefficient (Wildman–Crippen LogP) is 4.33. The van der Waals surface area contributed by atoms with Crippen LogP contribution < -0.4 is 10.6 Å². The maximum absolute atomic E-state index is 4.55. The molecule has 0 amide bonds. The Balaban J connectivity index is 2.00. The Labute approximate surface area is 142 Å². The molecule has 0 aliphatic heterocycles. The SMILES string of the molecule is CCNc1nc(Nc2cc(C)ccc2C)cc(-c2ccccn2)n1. The van der Waals surface area contributed by atoms with E-state index in [1.807, 2.05) is 31.2 Å². The minimum atomic E-state index is 0.591. The summed E-state index contributed by atoms with van der Waals surface area (Å²) >= 11 is 0. The Hall–Kier alpha value is -2.95. The minimum absolute atomic E-state index is 0.591. The lowest BCUT2D eigenvalue weighted by Crippen LogP contribution is -2.06. The van der Waals surface area contributed by atoms with Crippen molar-refractivity contribution in [2.45, 2.75) is 20.8 Å². The summed E-state index contributed by atoms with van der Waals surface area (Å²) in [6.45, 7) is 6.94. The Kier molecular flexibility index (Phi) is 4.70. The molecule has 3 aromatic rings. The highest BCUT2D eigenvalue weighted by molar-refractivity contribution is 5.67. The molecule has 0 spiro atoms. The monoisotopic (exact) mass is 319 g/mol. The first kappa shape index (κ1) is 15.9. The first-order chi connectivity index (χ1) is 11.7. The molecule has 5 nitrogen and oxygen atoms in total. The average Bonchev–Trinajstić information content (AvgIpc) is 2.59. The highest BCUT2D eigenvalue weighted by Crippen LogP contribution is 2.24. The van der Waals surface area contributed by atoms with Crippen LogP contribution in [-0.4, -0.2) is 21.5 Å². The van der Waals surface area contributed by atoms with Crippen LogP contribution in [0.4, 0.5) is 17.5 Å². The fourth-order valence-electron chi connectivity index (χ4n) is 2.40. The number of aromatic nitrogens is 3. The van der Waals surface area contributed by atoms with Crippen LogP contribution >= 0.6 is 0 Å². The van der Waals surface area contributed by atoms with Crippen LogP contribution in [0.3, 0.4) is 0 Å².